The first-order valence-electron chi connectivity index (χ1n) is 8.16. The Labute approximate surface area is 172 Å². The molecule has 0 saturated heterocycles. The fourth-order valence-corrected chi connectivity index (χ4v) is 2.37. The molecule has 182 valence electrons. The van der Waals surface area contributed by atoms with Crippen LogP contribution in [-0.4, -0.2) is 73.6 Å². The predicted molar refractivity (Wildman–Crippen MR) is 87.8 cm³/mol. The molecule has 0 N–H and O–H groups in total. The minimum atomic E-state index is -6.72. The number of carbonyl (C=O) groups excluding carboxylic acids is 2. The number of hydrogen-bond donors (Lipinski definition) is 0. The highest BCUT2D eigenvalue weighted by molar-refractivity contribution is 7.86. The molecule has 16 heteroatoms. The highest BCUT2D eigenvalue weighted by atomic mass is 32.2. The van der Waals surface area contributed by atoms with E-state index in [4.69, 9.17) is 0 Å². The second-order valence-corrected chi connectivity index (χ2v) is 7.89. The maximum atomic E-state index is 13.6. The molecule has 0 rings (SSSR count). The van der Waals surface area contributed by atoms with Crippen LogP contribution in [0.1, 0.15) is 26.2 Å². The maximum absolute atomic E-state index is 13.6. The molecular formula is C15H19F7NO7S-. The van der Waals surface area contributed by atoms with Crippen LogP contribution in [-0.2, 0) is 29.2 Å². The molecule has 0 saturated carbocycles. The van der Waals surface area contributed by atoms with Gasteiger partial charge in [0.25, 0.3) is 0 Å². The third-order valence-electron chi connectivity index (χ3n) is 3.58. The molecule has 0 aromatic rings. The van der Waals surface area contributed by atoms with E-state index in [2.05, 4.69) is 16.1 Å². The first-order chi connectivity index (χ1) is 13.6. The number of amides is 1. The van der Waals surface area contributed by atoms with Crippen LogP contribution in [0.15, 0.2) is 12.2 Å². The zero-order chi connectivity index (χ0) is 25.1. The molecule has 31 heavy (non-hydrogen) atoms. The molecule has 1 unspecified atom stereocenters. The topological polar surface area (TPSA) is 113 Å². The van der Waals surface area contributed by atoms with Gasteiger partial charge >= 0.3 is 35.0 Å². The van der Waals surface area contributed by atoms with E-state index in [0.29, 0.717) is 4.90 Å². The molecular weight excluding hydrogens is 471 g/mol. The van der Waals surface area contributed by atoms with E-state index in [-0.39, 0.29) is 0 Å². The second kappa shape index (κ2) is 9.68. The van der Waals surface area contributed by atoms with Crippen LogP contribution in [0.3, 0.4) is 0 Å². The lowest BCUT2D eigenvalue weighted by molar-refractivity contribution is -0.350. The van der Waals surface area contributed by atoms with Crippen LogP contribution in [0.25, 0.3) is 0 Å². The SMILES string of the molecule is C=C(C)C(=O)OC(OCCCCC(F)(F)C(F)(F)S(=O)(=O)[O-])(C(=O)N(C)C)C(F)(F)F. The van der Waals surface area contributed by atoms with Crippen LogP contribution in [0.4, 0.5) is 30.7 Å². The summed E-state index contributed by atoms with van der Waals surface area (Å²) in [6, 6.07) is 0. The third-order valence-corrected chi connectivity index (χ3v) is 4.50. The number of rotatable bonds is 11. The first-order valence-corrected chi connectivity index (χ1v) is 9.57. The molecule has 0 bridgehead atoms. The number of esters is 1. The van der Waals surface area contributed by atoms with Crippen molar-refractivity contribution in [1.29, 1.82) is 0 Å². The highest BCUT2D eigenvalue weighted by Crippen LogP contribution is 2.42. The number of nitrogens with zero attached hydrogens (tertiary/aromatic N) is 1. The van der Waals surface area contributed by atoms with Crippen LogP contribution >= 0.6 is 0 Å². The summed E-state index contributed by atoms with van der Waals surface area (Å²) in [4.78, 5) is 24.1. The molecule has 1 amide bonds. The second-order valence-electron chi connectivity index (χ2n) is 6.46. The number of unbranched alkanes of at least 4 members (excludes halogenated alkanes) is 1. The van der Waals surface area contributed by atoms with Crippen molar-refractivity contribution in [1.82, 2.24) is 4.90 Å². The minimum absolute atomic E-state index is 0.368. The summed E-state index contributed by atoms with van der Waals surface area (Å²) in [5.41, 5.74) is -0.538. The molecule has 0 aliphatic carbocycles. The van der Waals surface area contributed by atoms with Crippen LogP contribution in [0, 0.1) is 0 Å². The van der Waals surface area contributed by atoms with Crippen molar-refractivity contribution in [2.24, 2.45) is 0 Å². The van der Waals surface area contributed by atoms with Crippen LogP contribution in [0.5, 0.6) is 0 Å². The van der Waals surface area contributed by atoms with E-state index in [1.165, 1.54) is 0 Å². The third kappa shape index (κ3) is 6.52. The van der Waals surface area contributed by atoms with Gasteiger partial charge in [-0.2, -0.15) is 30.7 Å². The fraction of sp³-hybridized carbons (Fsp3) is 0.733. The number of carbonyl (C=O) groups is 2. The summed E-state index contributed by atoms with van der Waals surface area (Å²) in [5.74, 6) is -13.1. The first kappa shape index (κ1) is 29.1. The lowest BCUT2D eigenvalue weighted by Gasteiger charge is -2.35. The zero-order valence-electron chi connectivity index (χ0n) is 16.4. The largest absolute Gasteiger partial charge is 0.743 e. The van der Waals surface area contributed by atoms with Crippen LogP contribution < -0.4 is 0 Å². The molecule has 0 aliphatic rings. The fourth-order valence-electron chi connectivity index (χ4n) is 1.90. The molecule has 0 radical (unpaired) electrons. The van der Waals surface area contributed by atoms with Gasteiger partial charge in [0, 0.05) is 26.1 Å². The molecule has 0 aliphatic heterocycles. The van der Waals surface area contributed by atoms with Gasteiger partial charge in [0.15, 0.2) is 10.1 Å². The van der Waals surface area contributed by atoms with Gasteiger partial charge in [0.2, 0.25) is 0 Å². The molecule has 0 fully saturated rings. The monoisotopic (exact) mass is 490 g/mol. The van der Waals surface area contributed by atoms with Gasteiger partial charge in [0.05, 0.1) is 6.61 Å². The van der Waals surface area contributed by atoms with Crippen molar-refractivity contribution in [3.05, 3.63) is 12.2 Å². The highest BCUT2D eigenvalue weighted by Gasteiger charge is 2.67. The van der Waals surface area contributed by atoms with Gasteiger partial charge in [-0.25, -0.2) is 13.2 Å². The van der Waals surface area contributed by atoms with Gasteiger partial charge < -0.3 is 18.9 Å². The molecule has 0 aromatic carbocycles. The quantitative estimate of drug-likeness (QED) is 0.109. The molecule has 0 spiro atoms. The van der Waals surface area contributed by atoms with Gasteiger partial charge in [0.1, 0.15) is 0 Å². The Kier molecular flexibility index (Phi) is 9.08. The maximum Gasteiger partial charge on any atom is 0.466 e. The van der Waals surface area contributed by atoms with E-state index >= 15 is 0 Å². The number of halogens is 7. The number of alkyl halides is 7. The number of hydrogen-bond acceptors (Lipinski definition) is 7. The summed E-state index contributed by atoms with van der Waals surface area (Å²) in [6.45, 7) is 2.82. The average Bonchev–Trinajstić information content (AvgIpc) is 2.56. The summed E-state index contributed by atoms with van der Waals surface area (Å²) in [5, 5.41) is -5.95. The van der Waals surface area contributed by atoms with Crippen molar-refractivity contribution < 1.29 is 62.8 Å². The Bertz CT molecular complexity index is 796. The van der Waals surface area contributed by atoms with E-state index in [1.807, 2.05) is 0 Å². The van der Waals surface area contributed by atoms with E-state index in [0.717, 1.165) is 21.0 Å². The molecule has 8 nitrogen and oxygen atoms in total. The predicted octanol–water partition coefficient (Wildman–Crippen LogP) is 2.41. The Morgan fingerprint density at radius 3 is 1.87 bits per heavy atom. The zero-order valence-corrected chi connectivity index (χ0v) is 17.2. The standard InChI is InChI=1S/C15H20F7NO7S/c1-9(2)10(24)30-13(14(18,19)20,11(25)23(3)4)29-8-6-5-7-12(16,17)15(21,22)31(26,27)28/h1,5-8H2,2-4H3,(H,26,27,28)/p-1. The van der Waals surface area contributed by atoms with Crippen molar-refractivity contribution in [2.45, 2.75) is 49.3 Å². The Morgan fingerprint density at radius 2 is 1.52 bits per heavy atom. The van der Waals surface area contributed by atoms with Gasteiger partial charge in [-0.3, -0.25) is 4.79 Å². The molecule has 0 heterocycles. The van der Waals surface area contributed by atoms with E-state index in [1.54, 1.807) is 0 Å². The smallest absolute Gasteiger partial charge is 0.466 e. The molecule has 0 aromatic heterocycles. The molecule has 1 atom stereocenters. The lowest BCUT2D eigenvalue weighted by atomic mass is 10.1. The van der Waals surface area contributed by atoms with Crippen molar-refractivity contribution >= 4 is 22.0 Å². The summed E-state index contributed by atoms with van der Waals surface area (Å²) in [7, 11) is -4.98. The van der Waals surface area contributed by atoms with Crippen LogP contribution in [0.2, 0.25) is 0 Å². The van der Waals surface area contributed by atoms with Gasteiger partial charge in [-0.1, -0.05) is 6.58 Å². The number of likely N-dealkylation sites (N-methyl/N-ethyl adjacent to an activating group) is 1. The Hall–Kier alpha value is -1.94. The number of ether oxygens (including phenoxy) is 2. The summed E-state index contributed by atoms with van der Waals surface area (Å²) >= 11 is 0. The summed E-state index contributed by atoms with van der Waals surface area (Å²) in [6.07, 6.45) is -9.44. The van der Waals surface area contributed by atoms with Crippen molar-refractivity contribution in [2.75, 3.05) is 20.7 Å². The summed E-state index contributed by atoms with van der Waals surface area (Å²) < 4.78 is 133. The lowest BCUT2D eigenvalue weighted by Crippen LogP contribution is -2.61. The van der Waals surface area contributed by atoms with E-state index in [9.17, 15) is 53.3 Å². The average molecular weight is 490 g/mol. The van der Waals surface area contributed by atoms with Crippen molar-refractivity contribution in [3.63, 3.8) is 0 Å². The van der Waals surface area contributed by atoms with Gasteiger partial charge in [-0.15, -0.1) is 0 Å². The Balaban J connectivity index is 5.49. The minimum Gasteiger partial charge on any atom is -0.743 e. The van der Waals surface area contributed by atoms with E-state index < -0.39 is 76.6 Å². The van der Waals surface area contributed by atoms with Crippen molar-refractivity contribution in [3.8, 4) is 0 Å². The van der Waals surface area contributed by atoms with Gasteiger partial charge in [-0.05, 0) is 19.8 Å². The Morgan fingerprint density at radius 1 is 1.03 bits per heavy atom. The normalized spacial score (nSPS) is 15.2.